The summed E-state index contributed by atoms with van der Waals surface area (Å²) in [6, 6.07) is 9.97. The van der Waals surface area contributed by atoms with E-state index in [1.165, 1.54) is 12.6 Å². The van der Waals surface area contributed by atoms with Gasteiger partial charge in [0.2, 0.25) is 0 Å². The SMILES string of the molecule is CNC(=O)CO/N=C(\N)CCc1ccccc1. The van der Waals surface area contributed by atoms with Crippen LogP contribution in [0, 0.1) is 0 Å². The summed E-state index contributed by atoms with van der Waals surface area (Å²) in [6.07, 6.45) is 1.41. The molecule has 92 valence electrons. The van der Waals surface area contributed by atoms with Crippen LogP contribution in [0.15, 0.2) is 35.5 Å². The van der Waals surface area contributed by atoms with E-state index < -0.39 is 0 Å². The molecule has 0 bridgehead atoms. The molecule has 0 aliphatic rings. The fraction of sp³-hybridized carbons (Fsp3) is 0.333. The molecular formula is C12H17N3O2. The molecule has 0 atom stereocenters. The molecule has 1 amide bonds. The molecule has 1 aromatic carbocycles. The van der Waals surface area contributed by atoms with Gasteiger partial charge in [-0.3, -0.25) is 4.79 Å². The van der Waals surface area contributed by atoms with Crippen LogP contribution in [-0.2, 0) is 16.1 Å². The highest BCUT2D eigenvalue weighted by Crippen LogP contribution is 2.02. The number of nitrogens with two attached hydrogens (primary N) is 1. The number of aryl methyl sites for hydroxylation is 1. The Labute approximate surface area is 101 Å². The fourth-order valence-corrected chi connectivity index (χ4v) is 1.21. The molecule has 17 heavy (non-hydrogen) atoms. The molecular weight excluding hydrogens is 218 g/mol. The van der Waals surface area contributed by atoms with Crippen molar-refractivity contribution in [1.29, 1.82) is 0 Å². The number of nitrogens with one attached hydrogen (secondary N) is 1. The van der Waals surface area contributed by atoms with Crippen molar-refractivity contribution in [2.45, 2.75) is 12.8 Å². The Balaban J connectivity index is 2.27. The lowest BCUT2D eigenvalue weighted by Crippen LogP contribution is -2.23. The summed E-state index contributed by atoms with van der Waals surface area (Å²) in [5.74, 6) is 0.155. The Hall–Kier alpha value is -2.04. The summed E-state index contributed by atoms with van der Waals surface area (Å²) in [5.41, 5.74) is 6.83. The minimum absolute atomic E-state index is 0.109. The standard InChI is InChI=1S/C12H17N3O2/c1-14-12(16)9-17-15-11(13)8-7-10-5-3-2-4-6-10/h2-6H,7-9H2,1H3,(H2,13,15)(H,14,16). The maximum Gasteiger partial charge on any atom is 0.260 e. The number of hydrogen-bond acceptors (Lipinski definition) is 3. The predicted molar refractivity (Wildman–Crippen MR) is 66.4 cm³/mol. The van der Waals surface area contributed by atoms with E-state index in [2.05, 4.69) is 10.5 Å². The number of amides is 1. The first-order chi connectivity index (χ1) is 8.22. The number of amidine groups is 1. The van der Waals surface area contributed by atoms with Gasteiger partial charge in [-0.25, -0.2) is 0 Å². The van der Waals surface area contributed by atoms with Crippen molar-refractivity contribution < 1.29 is 9.63 Å². The van der Waals surface area contributed by atoms with Crippen LogP contribution in [0.1, 0.15) is 12.0 Å². The summed E-state index contributed by atoms with van der Waals surface area (Å²) in [4.78, 5) is 15.6. The number of oxime groups is 1. The van der Waals surface area contributed by atoms with Crippen molar-refractivity contribution in [2.24, 2.45) is 10.9 Å². The molecule has 0 spiro atoms. The van der Waals surface area contributed by atoms with Crippen LogP contribution >= 0.6 is 0 Å². The molecule has 5 heteroatoms. The van der Waals surface area contributed by atoms with Crippen molar-refractivity contribution in [3.8, 4) is 0 Å². The summed E-state index contributed by atoms with van der Waals surface area (Å²) in [7, 11) is 1.54. The van der Waals surface area contributed by atoms with E-state index in [0.29, 0.717) is 12.3 Å². The predicted octanol–water partition coefficient (Wildman–Crippen LogP) is 0.654. The van der Waals surface area contributed by atoms with Gasteiger partial charge in [-0.05, 0) is 12.0 Å². The molecule has 1 aromatic rings. The second kappa shape index (κ2) is 7.27. The molecule has 0 saturated heterocycles. The highest BCUT2D eigenvalue weighted by atomic mass is 16.6. The van der Waals surface area contributed by atoms with E-state index in [-0.39, 0.29) is 12.5 Å². The fourth-order valence-electron chi connectivity index (χ4n) is 1.21. The van der Waals surface area contributed by atoms with Gasteiger partial charge < -0.3 is 15.9 Å². The molecule has 3 N–H and O–H groups in total. The van der Waals surface area contributed by atoms with Crippen molar-refractivity contribution in [3.63, 3.8) is 0 Å². The van der Waals surface area contributed by atoms with Gasteiger partial charge in [0.25, 0.3) is 5.91 Å². The highest BCUT2D eigenvalue weighted by molar-refractivity contribution is 5.80. The van der Waals surface area contributed by atoms with E-state index in [1.54, 1.807) is 0 Å². The lowest BCUT2D eigenvalue weighted by atomic mass is 10.1. The molecule has 0 fully saturated rings. The topological polar surface area (TPSA) is 76.7 Å². The zero-order chi connectivity index (χ0) is 12.5. The maximum absolute atomic E-state index is 10.8. The third-order valence-corrected chi connectivity index (χ3v) is 2.17. The van der Waals surface area contributed by atoms with Crippen LogP contribution in [0.4, 0.5) is 0 Å². The second-order valence-corrected chi connectivity index (χ2v) is 3.51. The molecule has 0 radical (unpaired) electrons. The number of carbonyl (C=O) groups is 1. The van der Waals surface area contributed by atoms with Gasteiger partial charge in [-0.1, -0.05) is 35.5 Å². The lowest BCUT2D eigenvalue weighted by molar-refractivity contribution is -0.125. The molecule has 5 nitrogen and oxygen atoms in total. The monoisotopic (exact) mass is 235 g/mol. The summed E-state index contributed by atoms with van der Waals surface area (Å²) in [6.45, 7) is -0.109. The minimum Gasteiger partial charge on any atom is -0.384 e. The number of nitrogens with zero attached hydrogens (tertiary/aromatic N) is 1. The summed E-state index contributed by atoms with van der Waals surface area (Å²) >= 11 is 0. The zero-order valence-electron chi connectivity index (χ0n) is 9.85. The van der Waals surface area contributed by atoms with Crippen molar-refractivity contribution in [3.05, 3.63) is 35.9 Å². The van der Waals surface area contributed by atoms with E-state index >= 15 is 0 Å². The quantitative estimate of drug-likeness (QED) is 0.432. The molecule has 1 rings (SSSR count). The van der Waals surface area contributed by atoms with E-state index in [4.69, 9.17) is 10.6 Å². The van der Waals surface area contributed by atoms with Crippen molar-refractivity contribution >= 4 is 11.7 Å². The molecule has 0 aromatic heterocycles. The van der Waals surface area contributed by atoms with Gasteiger partial charge in [0.1, 0.15) is 5.84 Å². The minimum atomic E-state index is -0.232. The average Bonchev–Trinajstić information content (AvgIpc) is 2.37. The third-order valence-electron chi connectivity index (χ3n) is 2.17. The first-order valence-corrected chi connectivity index (χ1v) is 5.41. The van der Waals surface area contributed by atoms with Gasteiger partial charge in [0.05, 0.1) is 0 Å². The van der Waals surface area contributed by atoms with Crippen LogP contribution in [0.5, 0.6) is 0 Å². The first kappa shape index (κ1) is 13.0. The van der Waals surface area contributed by atoms with Crippen LogP contribution in [-0.4, -0.2) is 25.4 Å². The first-order valence-electron chi connectivity index (χ1n) is 5.41. The Morgan fingerprint density at radius 2 is 2.12 bits per heavy atom. The molecule has 0 aliphatic carbocycles. The molecule has 0 heterocycles. The third kappa shape index (κ3) is 5.55. The van der Waals surface area contributed by atoms with Gasteiger partial charge in [0.15, 0.2) is 6.61 Å². The van der Waals surface area contributed by atoms with Crippen LogP contribution in [0.3, 0.4) is 0 Å². The number of benzene rings is 1. The van der Waals surface area contributed by atoms with Gasteiger partial charge in [-0.2, -0.15) is 0 Å². The van der Waals surface area contributed by atoms with Crippen LogP contribution < -0.4 is 11.1 Å². The van der Waals surface area contributed by atoms with Crippen LogP contribution in [0.25, 0.3) is 0 Å². The number of hydrogen-bond donors (Lipinski definition) is 2. The molecule has 0 unspecified atom stereocenters. The maximum atomic E-state index is 10.8. The zero-order valence-corrected chi connectivity index (χ0v) is 9.85. The normalized spacial score (nSPS) is 11.0. The molecule has 0 saturated carbocycles. The van der Waals surface area contributed by atoms with Crippen molar-refractivity contribution in [1.82, 2.24) is 5.32 Å². The number of likely N-dealkylation sites (N-methyl/N-ethyl adjacent to an activating group) is 1. The Morgan fingerprint density at radius 3 is 2.76 bits per heavy atom. The van der Waals surface area contributed by atoms with E-state index in [0.717, 1.165) is 6.42 Å². The van der Waals surface area contributed by atoms with E-state index in [9.17, 15) is 4.79 Å². The number of rotatable bonds is 6. The average molecular weight is 235 g/mol. The summed E-state index contributed by atoms with van der Waals surface area (Å²) < 4.78 is 0. The molecule has 0 aliphatic heterocycles. The summed E-state index contributed by atoms with van der Waals surface area (Å²) in [5, 5.41) is 6.08. The van der Waals surface area contributed by atoms with E-state index in [1.807, 2.05) is 30.3 Å². The highest BCUT2D eigenvalue weighted by Gasteiger charge is 1.99. The second-order valence-electron chi connectivity index (χ2n) is 3.51. The largest absolute Gasteiger partial charge is 0.384 e. The Bertz CT molecular complexity index is 377. The van der Waals surface area contributed by atoms with Gasteiger partial charge >= 0.3 is 0 Å². The van der Waals surface area contributed by atoms with Crippen molar-refractivity contribution in [2.75, 3.05) is 13.7 Å². The Kier molecular flexibility index (Phi) is 5.57. The van der Waals surface area contributed by atoms with Gasteiger partial charge in [-0.15, -0.1) is 0 Å². The number of carbonyl (C=O) groups excluding carboxylic acids is 1. The van der Waals surface area contributed by atoms with Gasteiger partial charge in [0, 0.05) is 13.5 Å². The van der Waals surface area contributed by atoms with Crippen LogP contribution in [0.2, 0.25) is 0 Å². The Morgan fingerprint density at radius 1 is 1.41 bits per heavy atom. The lowest BCUT2D eigenvalue weighted by Gasteiger charge is -2.02. The smallest absolute Gasteiger partial charge is 0.260 e.